The molecule has 0 radical (unpaired) electrons. The smallest absolute Gasteiger partial charge is 0.340 e. The standard InChI is InChI=1S/C17H24F3N3O.2ClH/c1-12(15(21)14-6-4-3-5-7-14)16(24)23-10-8-22(9-11-23)13(2)17(18,19)20;;/h3-7,12-13,15H,8-11,21H2,1-2H3;2*1H. The first kappa shape index (κ1) is 25.0. The molecule has 0 saturated carbocycles. The van der Waals surface area contributed by atoms with Crippen molar-refractivity contribution in [1.29, 1.82) is 0 Å². The fourth-order valence-corrected chi connectivity index (χ4v) is 2.94. The second kappa shape index (κ2) is 10.3. The van der Waals surface area contributed by atoms with Crippen molar-refractivity contribution < 1.29 is 18.0 Å². The van der Waals surface area contributed by atoms with Crippen LogP contribution >= 0.6 is 24.8 Å². The number of hydrogen-bond acceptors (Lipinski definition) is 3. The zero-order valence-corrected chi connectivity index (χ0v) is 16.4. The molecule has 1 aromatic carbocycles. The van der Waals surface area contributed by atoms with Crippen LogP contribution in [0.15, 0.2) is 30.3 Å². The van der Waals surface area contributed by atoms with Gasteiger partial charge in [-0.3, -0.25) is 9.69 Å². The third-order valence-electron chi connectivity index (χ3n) is 4.76. The topological polar surface area (TPSA) is 49.6 Å². The van der Waals surface area contributed by atoms with Crippen molar-refractivity contribution in [2.24, 2.45) is 11.7 Å². The molecule has 0 aromatic heterocycles. The van der Waals surface area contributed by atoms with Crippen LogP contribution < -0.4 is 5.73 Å². The van der Waals surface area contributed by atoms with Crippen LogP contribution in [0.2, 0.25) is 0 Å². The summed E-state index contributed by atoms with van der Waals surface area (Å²) in [6, 6.07) is 7.44. The molecule has 1 aromatic rings. The maximum atomic E-state index is 12.8. The van der Waals surface area contributed by atoms with Gasteiger partial charge in [-0.15, -0.1) is 24.8 Å². The number of carbonyl (C=O) groups excluding carboxylic acids is 1. The molecule has 2 N–H and O–H groups in total. The maximum absolute atomic E-state index is 12.8. The highest BCUT2D eigenvalue weighted by Gasteiger charge is 2.41. The molecule has 0 spiro atoms. The highest BCUT2D eigenvalue weighted by atomic mass is 35.5. The molecular weight excluding hydrogens is 390 g/mol. The minimum Gasteiger partial charge on any atom is -0.340 e. The van der Waals surface area contributed by atoms with Gasteiger partial charge in [-0.1, -0.05) is 37.3 Å². The molecule has 1 amide bonds. The zero-order chi connectivity index (χ0) is 17.9. The summed E-state index contributed by atoms with van der Waals surface area (Å²) in [7, 11) is 0. The molecule has 150 valence electrons. The average Bonchev–Trinajstić information content (AvgIpc) is 2.59. The molecule has 2 rings (SSSR count). The Bertz CT molecular complexity index is 552. The normalized spacial score (nSPS) is 18.9. The summed E-state index contributed by atoms with van der Waals surface area (Å²) in [5, 5.41) is 0. The number of amides is 1. The first-order valence-corrected chi connectivity index (χ1v) is 8.12. The molecule has 26 heavy (non-hydrogen) atoms. The number of hydrogen-bond donors (Lipinski definition) is 1. The predicted molar refractivity (Wildman–Crippen MR) is 101 cm³/mol. The molecule has 1 aliphatic heterocycles. The average molecular weight is 416 g/mol. The molecule has 1 heterocycles. The largest absolute Gasteiger partial charge is 0.403 e. The molecule has 0 bridgehead atoms. The molecule has 1 saturated heterocycles. The number of nitrogens with zero attached hydrogens (tertiary/aromatic N) is 2. The number of rotatable bonds is 4. The first-order valence-electron chi connectivity index (χ1n) is 8.12. The van der Waals surface area contributed by atoms with Crippen molar-refractivity contribution in [1.82, 2.24) is 9.80 Å². The second-order valence-electron chi connectivity index (χ2n) is 6.30. The lowest BCUT2D eigenvalue weighted by molar-refractivity contribution is -0.183. The van der Waals surface area contributed by atoms with Crippen LogP contribution in [-0.4, -0.2) is 54.1 Å². The van der Waals surface area contributed by atoms with Gasteiger partial charge < -0.3 is 10.6 Å². The van der Waals surface area contributed by atoms with Crippen LogP contribution in [0.4, 0.5) is 13.2 Å². The van der Waals surface area contributed by atoms with Crippen molar-refractivity contribution in [2.75, 3.05) is 26.2 Å². The summed E-state index contributed by atoms with van der Waals surface area (Å²) >= 11 is 0. The van der Waals surface area contributed by atoms with E-state index in [1.54, 1.807) is 11.8 Å². The van der Waals surface area contributed by atoms with Gasteiger partial charge in [0.25, 0.3) is 0 Å². The van der Waals surface area contributed by atoms with Gasteiger partial charge in [0.05, 0.1) is 5.92 Å². The second-order valence-corrected chi connectivity index (χ2v) is 6.30. The van der Waals surface area contributed by atoms with Crippen molar-refractivity contribution in [3.63, 3.8) is 0 Å². The summed E-state index contributed by atoms with van der Waals surface area (Å²) < 4.78 is 38.3. The Morgan fingerprint density at radius 1 is 1.04 bits per heavy atom. The van der Waals surface area contributed by atoms with Gasteiger partial charge in [0, 0.05) is 32.2 Å². The lowest BCUT2D eigenvalue weighted by Gasteiger charge is -2.39. The van der Waals surface area contributed by atoms with E-state index in [2.05, 4.69) is 0 Å². The fraction of sp³-hybridized carbons (Fsp3) is 0.588. The predicted octanol–water partition coefficient (Wildman–Crippen LogP) is 3.26. The molecule has 4 nitrogen and oxygen atoms in total. The van der Waals surface area contributed by atoms with Gasteiger partial charge in [-0.2, -0.15) is 13.2 Å². The van der Waals surface area contributed by atoms with Crippen molar-refractivity contribution in [3.05, 3.63) is 35.9 Å². The van der Waals surface area contributed by atoms with Crippen LogP contribution in [0.25, 0.3) is 0 Å². The fourth-order valence-electron chi connectivity index (χ4n) is 2.94. The van der Waals surface area contributed by atoms with Gasteiger partial charge in [-0.25, -0.2) is 0 Å². The lowest BCUT2D eigenvalue weighted by atomic mass is 9.94. The minimum atomic E-state index is -4.24. The number of nitrogens with two attached hydrogens (primary N) is 1. The maximum Gasteiger partial charge on any atom is 0.403 e. The van der Waals surface area contributed by atoms with Crippen molar-refractivity contribution >= 4 is 30.7 Å². The van der Waals surface area contributed by atoms with Gasteiger partial charge in [-0.05, 0) is 12.5 Å². The highest BCUT2D eigenvalue weighted by molar-refractivity contribution is 5.85. The zero-order valence-electron chi connectivity index (χ0n) is 14.8. The van der Waals surface area contributed by atoms with E-state index in [1.165, 1.54) is 4.90 Å². The van der Waals surface area contributed by atoms with E-state index in [4.69, 9.17) is 5.73 Å². The Morgan fingerprint density at radius 3 is 2.00 bits per heavy atom. The molecule has 9 heteroatoms. The number of benzene rings is 1. The third-order valence-corrected chi connectivity index (χ3v) is 4.76. The molecular formula is C17H26Cl2F3N3O. The number of carbonyl (C=O) groups is 1. The quantitative estimate of drug-likeness (QED) is 0.820. The van der Waals surface area contributed by atoms with E-state index in [1.807, 2.05) is 30.3 Å². The van der Waals surface area contributed by atoms with E-state index in [9.17, 15) is 18.0 Å². The highest BCUT2D eigenvalue weighted by Crippen LogP contribution is 2.26. The van der Waals surface area contributed by atoms with E-state index >= 15 is 0 Å². The Balaban J connectivity index is 0.00000312. The van der Waals surface area contributed by atoms with Crippen LogP contribution in [-0.2, 0) is 4.79 Å². The van der Waals surface area contributed by atoms with Gasteiger partial charge in [0.15, 0.2) is 0 Å². The van der Waals surface area contributed by atoms with Gasteiger partial charge in [0.1, 0.15) is 6.04 Å². The van der Waals surface area contributed by atoms with Gasteiger partial charge >= 0.3 is 6.18 Å². The molecule has 3 atom stereocenters. The number of piperazine rings is 1. The first-order chi connectivity index (χ1) is 11.2. The summed E-state index contributed by atoms with van der Waals surface area (Å²) in [4.78, 5) is 15.6. The van der Waals surface area contributed by atoms with E-state index in [0.717, 1.165) is 12.5 Å². The van der Waals surface area contributed by atoms with Crippen molar-refractivity contribution in [2.45, 2.75) is 32.1 Å². The Kier molecular flexibility index (Phi) is 9.94. The van der Waals surface area contributed by atoms with Crippen LogP contribution in [0.5, 0.6) is 0 Å². The lowest BCUT2D eigenvalue weighted by Crippen LogP contribution is -2.55. The summed E-state index contributed by atoms with van der Waals surface area (Å²) in [6.07, 6.45) is -4.24. The molecule has 0 aliphatic carbocycles. The van der Waals surface area contributed by atoms with Crippen LogP contribution in [0.1, 0.15) is 25.5 Å². The monoisotopic (exact) mass is 415 g/mol. The van der Waals surface area contributed by atoms with E-state index in [0.29, 0.717) is 13.1 Å². The van der Waals surface area contributed by atoms with Gasteiger partial charge in [0.2, 0.25) is 5.91 Å². The number of halogens is 5. The Morgan fingerprint density at radius 2 is 1.54 bits per heavy atom. The summed E-state index contributed by atoms with van der Waals surface area (Å²) in [5.74, 6) is -0.523. The van der Waals surface area contributed by atoms with E-state index in [-0.39, 0.29) is 43.8 Å². The molecule has 3 unspecified atom stereocenters. The minimum absolute atomic E-state index is 0. The Labute approximate surface area is 164 Å². The van der Waals surface area contributed by atoms with Crippen molar-refractivity contribution in [3.8, 4) is 0 Å². The molecule has 1 fully saturated rings. The van der Waals surface area contributed by atoms with Crippen LogP contribution in [0.3, 0.4) is 0 Å². The molecule has 1 aliphatic rings. The summed E-state index contributed by atoms with van der Waals surface area (Å²) in [5.41, 5.74) is 7.05. The van der Waals surface area contributed by atoms with E-state index < -0.39 is 24.2 Å². The Hall–Kier alpha value is -1.02. The third kappa shape index (κ3) is 6.01. The number of alkyl halides is 3. The van der Waals surface area contributed by atoms with Crippen LogP contribution in [0, 0.1) is 5.92 Å². The summed E-state index contributed by atoms with van der Waals surface area (Å²) in [6.45, 7) is 3.96. The SMILES string of the molecule is CC(C(=O)N1CCN(C(C)C(F)(F)F)CC1)C(N)c1ccccc1.Cl.Cl.